The molecule has 4 nitrogen and oxygen atoms in total. The SMILES string of the molecule is CCCCCC(CCC)COC(=O)CCCCCC(=O)OCC(CCC)CCCCC. The predicted octanol–water partition coefficient (Wildman–Crippen LogP) is 8.02. The van der Waals surface area contributed by atoms with Gasteiger partial charge in [0.25, 0.3) is 0 Å². The molecule has 0 saturated heterocycles. The number of unbranched alkanes of at least 4 members (excludes halogenated alkanes) is 6. The summed E-state index contributed by atoms with van der Waals surface area (Å²) in [6.07, 6.45) is 17.7. The van der Waals surface area contributed by atoms with Crippen LogP contribution in [0.1, 0.15) is 137 Å². The third kappa shape index (κ3) is 19.4. The lowest BCUT2D eigenvalue weighted by Gasteiger charge is -2.16. The Morgan fingerprint density at radius 2 is 0.935 bits per heavy atom. The minimum Gasteiger partial charge on any atom is -0.465 e. The lowest BCUT2D eigenvalue weighted by atomic mass is 9.97. The van der Waals surface area contributed by atoms with Crippen LogP contribution in [-0.4, -0.2) is 25.2 Å². The van der Waals surface area contributed by atoms with Gasteiger partial charge in [-0.2, -0.15) is 0 Å². The summed E-state index contributed by atoms with van der Waals surface area (Å²) in [7, 11) is 0. The number of ether oxygens (including phenoxy) is 2. The summed E-state index contributed by atoms with van der Waals surface area (Å²) in [6.45, 7) is 9.95. The van der Waals surface area contributed by atoms with E-state index < -0.39 is 0 Å². The van der Waals surface area contributed by atoms with Crippen LogP contribution in [0.3, 0.4) is 0 Å². The van der Waals surface area contributed by atoms with Gasteiger partial charge in [0.1, 0.15) is 0 Å². The quantitative estimate of drug-likeness (QED) is 0.126. The molecule has 2 unspecified atom stereocenters. The topological polar surface area (TPSA) is 52.6 Å². The second kappa shape index (κ2) is 22.1. The van der Waals surface area contributed by atoms with E-state index in [1.807, 2.05) is 0 Å². The van der Waals surface area contributed by atoms with E-state index in [0.29, 0.717) is 37.9 Å². The number of hydrogen-bond acceptors (Lipinski definition) is 4. The number of esters is 2. The first-order valence-corrected chi connectivity index (χ1v) is 13.4. The van der Waals surface area contributed by atoms with E-state index in [2.05, 4.69) is 27.7 Å². The van der Waals surface area contributed by atoms with Crippen molar-refractivity contribution in [3.8, 4) is 0 Å². The molecule has 0 radical (unpaired) electrons. The molecule has 0 aliphatic rings. The van der Waals surface area contributed by atoms with Crippen LogP contribution in [0.2, 0.25) is 0 Å². The monoisotopic (exact) mass is 440 g/mol. The Kier molecular flexibility index (Phi) is 21.4. The fourth-order valence-electron chi connectivity index (χ4n) is 4.09. The van der Waals surface area contributed by atoms with Gasteiger partial charge in [0.05, 0.1) is 13.2 Å². The Bertz CT molecular complexity index is 383. The zero-order chi connectivity index (χ0) is 23.2. The van der Waals surface area contributed by atoms with E-state index in [9.17, 15) is 9.59 Å². The third-order valence-electron chi connectivity index (χ3n) is 6.05. The zero-order valence-electron chi connectivity index (χ0n) is 21.2. The maximum atomic E-state index is 12.0. The Morgan fingerprint density at radius 3 is 1.29 bits per heavy atom. The van der Waals surface area contributed by atoms with Crippen LogP contribution >= 0.6 is 0 Å². The first-order valence-electron chi connectivity index (χ1n) is 13.4. The molecule has 0 aromatic rings. The molecular weight excluding hydrogens is 388 g/mol. The molecule has 0 saturated carbocycles. The Hall–Kier alpha value is -1.06. The highest BCUT2D eigenvalue weighted by Crippen LogP contribution is 2.18. The molecule has 31 heavy (non-hydrogen) atoms. The molecule has 0 spiro atoms. The smallest absolute Gasteiger partial charge is 0.305 e. The molecule has 4 heteroatoms. The first-order chi connectivity index (χ1) is 15.1. The summed E-state index contributed by atoms with van der Waals surface area (Å²) >= 11 is 0. The van der Waals surface area contributed by atoms with Gasteiger partial charge < -0.3 is 9.47 Å². The number of rotatable bonds is 22. The molecule has 0 aromatic carbocycles. The Morgan fingerprint density at radius 1 is 0.516 bits per heavy atom. The highest BCUT2D eigenvalue weighted by atomic mass is 16.5. The van der Waals surface area contributed by atoms with E-state index in [0.717, 1.165) is 57.8 Å². The van der Waals surface area contributed by atoms with E-state index in [1.54, 1.807) is 0 Å². The van der Waals surface area contributed by atoms with Crippen molar-refractivity contribution in [2.24, 2.45) is 11.8 Å². The summed E-state index contributed by atoms with van der Waals surface area (Å²) in [4.78, 5) is 24.0. The lowest BCUT2D eigenvalue weighted by molar-refractivity contribution is -0.145. The maximum absolute atomic E-state index is 12.0. The summed E-state index contributed by atoms with van der Waals surface area (Å²) in [6, 6.07) is 0. The maximum Gasteiger partial charge on any atom is 0.305 e. The second-order valence-corrected chi connectivity index (χ2v) is 9.23. The molecule has 2 atom stereocenters. The lowest BCUT2D eigenvalue weighted by Crippen LogP contribution is -2.15. The van der Waals surface area contributed by atoms with Gasteiger partial charge in [0.2, 0.25) is 0 Å². The Labute approximate surface area is 193 Å². The first kappa shape index (κ1) is 29.9. The summed E-state index contributed by atoms with van der Waals surface area (Å²) in [5.74, 6) is 0.838. The summed E-state index contributed by atoms with van der Waals surface area (Å²) < 4.78 is 11.0. The van der Waals surface area contributed by atoms with Crippen LogP contribution in [0.5, 0.6) is 0 Å². The zero-order valence-corrected chi connectivity index (χ0v) is 21.2. The van der Waals surface area contributed by atoms with Crippen molar-refractivity contribution in [2.45, 2.75) is 137 Å². The van der Waals surface area contributed by atoms with Gasteiger partial charge in [-0.15, -0.1) is 0 Å². The number of hydrogen-bond donors (Lipinski definition) is 0. The highest BCUT2D eigenvalue weighted by molar-refractivity contribution is 5.69. The van der Waals surface area contributed by atoms with Crippen LogP contribution in [0.4, 0.5) is 0 Å². The van der Waals surface area contributed by atoms with Crippen molar-refractivity contribution in [1.82, 2.24) is 0 Å². The van der Waals surface area contributed by atoms with Gasteiger partial charge in [0, 0.05) is 12.8 Å². The molecule has 184 valence electrons. The van der Waals surface area contributed by atoms with Gasteiger partial charge in [-0.25, -0.2) is 0 Å². The van der Waals surface area contributed by atoms with Crippen molar-refractivity contribution in [3.05, 3.63) is 0 Å². The largest absolute Gasteiger partial charge is 0.465 e. The fraction of sp³-hybridized carbons (Fsp3) is 0.926. The molecule has 0 amide bonds. The van der Waals surface area contributed by atoms with Crippen molar-refractivity contribution in [2.75, 3.05) is 13.2 Å². The Balaban J connectivity index is 3.83. The van der Waals surface area contributed by atoms with Gasteiger partial charge in [-0.1, -0.05) is 85.5 Å². The van der Waals surface area contributed by atoms with E-state index in [1.165, 1.54) is 38.5 Å². The van der Waals surface area contributed by atoms with E-state index in [4.69, 9.17) is 9.47 Å². The average Bonchev–Trinajstić information content (AvgIpc) is 2.75. The van der Waals surface area contributed by atoms with Crippen LogP contribution in [0, 0.1) is 11.8 Å². The predicted molar refractivity (Wildman–Crippen MR) is 130 cm³/mol. The normalized spacial score (nSPS) is 13.0. The van der Waals surface area contributed by atoms with Crippen molar-refractivity contribution >= 4 is 11.9 Å². The highest BCUT2D eigenvalue weighted by Gasteiger charge is 2.13. The van der Waals surface area contributed by atoms with Crippen LogP contribution in [0.25, 0.3) is 0 Å². The van der Waals surface area contributed by atoms with E-state index >= 15 is 0 Å². The van der Waals surface area contributed by atoms with Crippen LogP contribution in [-0.2, 0) is 19.1 Å². The summed E-state index contributed by atoms with van der Waals surface area (Å²) in [5.41, 5.74) is 0. The summed E-state index contributed by atoms with van der Waals surface area (Å²) in [5, 5.41) is 0. The van der Waals surface area contributed by atoms with Gasteiger partial charge in [0.15, 0.2) is 0 Å². The molecule has 0 heterocycles. The minimum absolute atomic E-state index is 0.0892. The van der Waals surface area contributed by atoms with Gasteiger partial charge in [-0.05, 0) is 50.4 Å². The average molecular weight is 441 g/mol. The molecule has 0 aliphatic carbocycles. The molecule has 0 bridgehead atoms. The van der Waals surface area contributed by atoms with Gasteiger partial charge in [-0.3, -0.25) is 9.59 Å². The molecule has 0 fully saturated rings. The molecule has 0 rings (SSSR count). The van der Waals surface area contributed by atoms with Crippen molar-refractivity contribution in [1.29, 1.82) is 0 Å². The van der Waals surface area contributed by atoms with E-state index in [-0.39, 0.29) is 11.9 Å². The third-order valence-corrected chi connectivity index (χ3v) is 6.05. The molecule has 0 aliphatic heterocycles. The number of carbonyl (C=O) groups excluding carboxylic acids is 2. The van der Waals surface area contributed by atoms with Crippen molar-refractivity contribution in [3.63, 3.8) is 0 Å². The molecular formula is C27H52O4. The standard InChI is InChI=1S/C27H52O4/c1-5-9-12-18-24(16-7-3)22-30-26(28)20-14-11-15-21-27(29)31-23-25(17-8-4)19-13-10-6-2/h24-25H,5-23H2,1-4H3. The van der Waals surface area contributed by atoms with Crippen LogP contribution < -0.4 is 0 Å². The van der Waals surface area contributed by atoms with Crippen molar-refractivity contribution < 1.29 is 19.1 Å². The number of carbonyl (C=O) groups is 2. The fourth-order valence-corrected chi connectivity index (χ4v) is 4.09. The molecule has 0 aromatic heterocycles. The van der Waals surface area contributed by atoms with Crippen LogP contribution in [0.15, 0.2) is 0 Å². The molecule has 0 N–H and O–H groups in total. The second-order valence-electron chi connectivity index (χ2n) is 9.23. The van der Waals surface area contributed by atoms with Gasteiger partial charge >= 0.3 is 11.9 Å². The minimum atomic E-state index is -0.0892.